The van der Waals surface area contributed by atoms with Crippen molar-refractivity contribution in [2.24, 2.45) is 11.7 Å². The number of nitrogens with two attached hydrogens (primary N) is 1. The van der Waals surface area contributed by atoms with Crippen LogP contribution >= 0.6 is 0 Å². The molecule has 0 radical (unpaired) electrons. The molecule has 1 aliphatic heterocycles. The molecule has 1 fully saturated rings. The van der Waals surface area contributed by atoms with Crippen LogP contribution in [0.1, 0.15) is 39.5 Å². The molecule has 0 amide bonds. The van der Waals surface area contributed by atoms with E-state index in [9.17, 15) is 5.11 Å². The Morgan fingerprint density at radius 2 is 2.13 bits per heavy atom. The van der Waals surface area contributed by atoms with Gasteiger partial charge >= 0.3 is 0 Å². The summed E-state index contributed by atoms with van der Waals surface area (Å²) in [4.78, 5) is 2.39. The van der Waals surface area contributed by atoms with Crippen molar-refractivity contribution in [3.05, 3.63) is 0 Å². The molecule has 0 aromatic heterocycles. The van der Waals surface area contributed by atoms with Gasteiger partial charge in [-0.3, -0.25) is 4.90 Å². The molecule has 3 N–H and O–H groups in total. The Balaban J connectivity index is 2.51. The number of aliphatic hydroxyl groups is 1. The first-order valence-corrected chi connectivity index (χ1v) is 6.29. The molecule has 15 heavy (non-hydrogen) atoms. The molecule has 3 nitrogen and oxygen atoms in total. The molecule has 1 saturated heterocycles. The van der Waals surface area contributed by atoms with E-state index in [0.29, 0.717) is 0 Å². The first-order chi connectivity index (χ1) is 7.19. The maximum Gasteiger partial charge on any atom is 0.0601 e. The third-order valence-corrected chi connectivity index (χ3v) is 3.67. The van der Waals surface area contributed by atoms with Crippen molar-refractivity contribution in [1.29, 1.82) is 0 Å². The van der Waals surface area contributed by atoms with Crippen LogP contribution in [0.4, 0.5) is 0 Å². The van der Waals surface area contributed by atoms with Gasteiger partial charge in [-0.25, -0.2) is 0 Å². The first-order valence-electron chi connectivity index (χ1n) is 6.29. The number of hydrogen-bond acceptors (Lipinski definition) is 3. The van der Waals surface area contributed by atoms with Gasteiger partial charge in [0.2, 0.25) is 0 Å². The van der Waals surface area contributed by atoms with Crippen LogP contribution in [-0.2, 0) is 0 Å². The summed E-state index contributed by atoms with van der Waals surface area (Å²) in [6.45, 7) is 6.80. The summed E-state index contributed by atoms with van der Waals surface area (Å²) in [6, 6.07) is 0.281. The van der Waals surface area contributed by atoms with Crippen LogP contribution in [0.25, 0.3) is 0 Å². The van der Waals surface area contributed by atoms with Crippen molar-refractivity contribution >= 4 is 0 Å². The third kappa shape index (κ3) is 3.74. The van der Waals surface area contributed by atoms with Gasteiger partial charge in [0.15, 0.2) is 0 Å². The molecular weight excluding hydrogens is 188 g/mol. The van der Waals surface area contributed by atoms with Gasteiger partial charge in [0.05, 0.1) is 6.61 Å². The molecule has 0 aliphatic carbocycles. The highest BCUT2D eigenvalue weighted by Crippen LogP contribution is 2.19. The van der Waals surface area contributed by atoms with Gasteiger partial charge < -0.3 is 10.8 Å². The van der Waals surface area contributed by atoms with E-state index in [1.165, 1.54) is 19.3 Å². The van der Waals surface area contributed by atoms with Crippen LogP contribution in [-0.4, -0.2) is 41.8 Å². The number of aliphatic hydroxyl groups excluding tert-OH is 1. The molecule has 90 valence electrons. The zero-order chi connectivity index (χ0) is 11.3. The smallest absolute Gasteiger partial charge is 0.0601 e. The molecule has 1 rings (SSSR count). The van der Waals surface area contributed by atoms with Crippen LogP contribution in [0.3, 0.4) is 0 Å². The summed E-state index contributed by atoms with van der Waals surface area (Å²) in [7, 11) is 0. The SMILES string of the molecule is CCC(N)C(CO)N1CCCC(C)CC1. The van der Waals surface area contributed by atoms with E-state index in [4.69, 9.17) is 5.73 Å². The standard InChI is InChI=1S/C12H26N2O/c1-3-11(13)12(9-15)14-7-4-5-10(2)6-8-14/h10-12,15H,3-9,13H2,1-2H3. The molecule has 3 atom stereocenters. The summed E-state index contributed by atoms with van der Waals surface area (Å²) in [5.74, 6) is 0.826. The highest BCUT2D eigenvalue weighted by Gasteiger charge is 2.24. The van der Waals surface area contributed by atoms with E-state index in [1.54, 1.807) is 0 Å². The minimum atomic E-state index is 0.114. The lowest BCUT2D eigenvalue weighted by molar-refractivity contribution is 0.105. The largest absolute Gasteiger partial charge is 0.395 e. The van der Waals surface area contributed by atoms with Crippen LogP contribution in [0.15, 0.2) is 0 Å². The first kappa shape index (κ1) is 12.9. The minimum absolute atomic E-state index is 0.114. The second-order valence-electron chi connectivity index (χ2n) is 4.89. The van der Waals surface area contributed by atoms with E-state index >= 15 is 0 Å². The van der Waals surface area contributed by atoms with Gasteiger partial charge in [-0.15, -0.1) is 0 Å². The molecule has 1 heterocycles. The van der Waals surface area contributed by atoms with Gasteiger partial charge in [0.25, 0.3) is 0 Å². The Labute approximate surface area is 93.6 Å². The van der Waals surface area contributed by atoms with Gasteiger partial charge in [-0.1, -0.05) is 13.8 Å². The topological polar surface area (TPSA) is 49.5 Å². The molecule has 0 aromatic carbocycles. The van der Waals surface area contributed by atoms with Crippen LogP contribution in [0.5, 0.6) is 0 Å². The fourth-order valence-electron chi connectivity index (χ4n) is 2.41. The van der Waals surface area contributed by atoms with E-state index < -0.39 is 0 Å². The van der Waals surface area contributed by atoms with E-state index in [-0.39, 0.29) is 18.7 Å². The second kappa shape index (κ2) is 6.46. The van der Waals surface area contributed by atoms with Crippen molar-refractivity contribution in [2.75, 3.05) is 19.7 Å². The number of hydrogen-bond donors (Lipinski definition) is 2. The average Bonchev–Trinajstić information content (AvgIpc) is 2.45. The fraction of sp³-hybridized carbons (Fsp3) is 1.00. The normalized spacial score (nSPS) is 28.4. The van der Waals surface area contributed by atoms with E-state index in [1.807, 2.05) is 0 Å². The zero-order valence-corrected chi connectivity index (χ0v) is 10.2. The van der Waals surface area contributed by atoms with Crippen molar-refractivity contribution in [3.63, 3.8) is 0 Å². The van der Waals surface area contributed by atoms with Gasteiger partial charge in [-0.2, -0.15) is 0 Å². The lowest BCUT2D eigenvalue weighted by atomic mass is 10.0. The molecule has 0 bridgehead atoms. The molecule has 3 heteroatoms. The molecule has 1 aliphatic rings. The lowest BCUT2D eigenvalue weighted by Crippen LogP contribution is -2.50. The number of likely N-dealkylation sites (tertiary alicyclic amines) is 1. The van der Waals surface area contributed by atoms with E-state index in [2.05, 4.69) is 18.7 Å². The second-order valence-corrected chi connectivity index (χ2v) is 4.89. The van der Waals surface area contributed by atoms with Crippen LogP contribution in [0, 0.1) is 5.92 Å². The van der Waals surface area contributed by atoms with Gasteiger partial charge in [-0.05, 0) is 44.7 Å². The Kier molecular flexibility index (Phi) is 5.58. The molecule has 0 saturated carbocycles. The van der Waals surface area contributed by atoms with Crippen molar-refractivity contribution in [1.82, 2.24) is 4.90 Å². The summed E-state index contributed by atoms with van der Waals surface area (Å²) >= 11 is 0. The third-order valence-electron chi connectivity index (χ3n) is 3.67. The summed E-state index contributed by atoms with van der Waals surface area (Å²) < 4.78 is 0. The maximum absolute atomic E-state index is 9.42. The maximum atomic E-state index is 9.42. The molecule has 3 unspecified atom stereocenters. The van der Waals surface area contributed by atoms with Crippen molar-refractivity contribution < 1.29 is 5.11 Å². The number of nitrogens with zero attached hydrogens (tertiary/aromatic N) is 1. The Morgan fingerprint density at radius 3 is 2.73 bits per heavy atom. The monoisotopic (exact) mass is 214 g/mol. The predicted octanol–water partition coefficient (Wildman–Crippen LogP) is 1.21. The van der Waals surface area contributed by atoms with Gasteiger partial charge in [0, 0.05) is 12.1 Å². The average molecular weight is 214 g/mol. The Bertz CT molecular complexity index is 175. The lowest BCUT2D eigenvalue weighted by Gasteiger charge is -2.33. The highest BCUT2D eigenvalue weighted by atomic mass is 16.3. The van der Waals surface area contributed by atoms with Crippen molar-refractivity contribution in [2.45, 2.75) is 51.6 Å². The predicted molar refractivity (Wildman–Crippen MR) is 63.7 cm³/mol. The molecular formula is C12H26N2O. The van der Waals surface area contributed by atoms with Gasteiger partial charge in [0.1, 0.15) is 0 Å². The van der Waals surface area contributed by atoms with E-state index in [0.717, 1.165) is 25.4 Å². The molecule has 0 spiro atoms. The van der Waals surface area contributed by atoms with Crippen molar-refractivity contribution in [3.8, 4) is 0 Å². The highest BCUT2D eigenvalue weighted by molar-refractivity contribution is 4.82. The quantitative estimate of drug-likeness (QED) is 0.739. The number of rotatable bonds is 4. The minimum Gasteiger partial charge on any atom is -0.395 e. The van der Waals surface area contributed by atoms with Crippen LogP contribution < -0.4 is 5.73 Å². The Morgan fingerprint density at radius 1 is 1.40 bits per heavy atom. The summed E-state index contributed by atoms with van der Waals surface area (Å²) in [6.07, 6.45) is 4.74. The molecule has 0 aromatic rings. The van der Waals surface area contributed by atoms with Crippen LogP contribution in [0.2, 0.25) is 0 Å². The Hall–Kier alpha value is -0.120. The fourth-order valence-corrected chi connectivity index (χ4v) is 2.41. The summed E-state index contributed by atoms with van der Waals surface area (Å²) in [5, 5.41) is 9.42. The summed E-state index contributed by atoms with van der Waals surface area (Å²) in [5.41, 5.74) is 6.04. The zero-order valence-electron chi connectivity index (χ0n) is 10.2.